The van der Waals surface area contributed by atoms with Crippen LogP contribution >= 0.6 is 0 Å². The van der Waals surface area contributed by atoms with Crippen LogP contribution in [0, 0.1) is 0 Å². The van der Waals surface area contributed by atoms with Gasteiger partial charge in [0.2, 0.25) is 0 Å². The molecule has 0 aliphatic carbocycles. The summed E-state index contributed by atoms with van der Waals surface area (Å²) >= 11 is 0. The summed E-state index contributed by atoms with van der Waals surface area (Å²) in [5.74, 6) is 0.0868. The third-order valence-corrected chi connectivity index (χ3v) is 8.09. The number of aromatic nitrogens is 5. The maximum absolute atomic E-state index is 14.0. The molecule has 1 aliphatic heterocycles. The molecule has 0 atom stereocenters. The molecule has 1 fully saturated rings. The Balaban J connectivity index is 1.24. The molecule has 14 heteroatoms. The van der Waals surface area contributed by atoms with Gasteiger partial charge in [-0.25, -0.2) is 19.7 Å². The van der Waals surface area contributed by atoms with Gasteiger partial charge in [0.15, 0.2) is 5.65 Å². The number of urea groups is 1. The number of benzene rings is 1. The van der Waals surface area contributed by atoms with E-state index in [9.17, 15) is 18.0 Å². The zero-order valence-electron chi connectivity index (χ0n) is 25.1. The summed E-state index contributed by atoms with van der Waals surface area (Å²) < 4.78 is 51.7. The van der Waals surface area contributed by atoms with E-state index in [1.165, 1.54) is 18.5 Å². The van der Waals surface area contributed by atoms with Crippen molar-refractivity contribution in [2.45, 2.75) is 51.9 Å². The molecule has 4 N–H and O–H groups in total. The first-order chi connectivity index (χ1) is 21.5. The molecule has 0 spiro atoms. The highest BCUT2D eigenvalue weighted by Gasteiger charge is 2.36. The number of carbonyl (C=O) groups excluding carboxylic acids is 1. The van der Waals surface area contributed by atoms with Gasteiger partial charge in [0.05, 0.1) is 22.3 Å². The van der Waals surface area contributed by atoms with E-state index in [4.69, 9.17) is 10.5 Å². The molecule has 0 radical (unpaired) electrons. The molecule has 5 heterocycles. The minimum Gasteiger partial charge on any atom is -0.490 e. The van der Waals surface area contributed by atoms with Crippen molar-refractivity contribution >= 4 is 39.9 Å². The number of anilines is 3. The van der Waals surface area contributed by atoms with Gasteiger partial charge in [-0.2, -0.15) is 13.2 Å². The number of halogens is 3. The molecule has 1 aliphatic rings. The van der Waals surface area contributed by atoms with Crippen molar-refractivity contribution in [3.05, 3.63) is 60.8 Å². The second-order valence-corrected chi connectivity index (χ2v) is 11.3. The zero-order valence-corrected chi connectivity index (χ0v) is 25.1. The Morgan fingerprint density at radius 2 is 1.87 bits per heavy atom. The summed E-state index contributed by atoms with van der Waals surface area (Å²) in [6, 6.07) is 6.41. The Morgan fingerprint density at radius 3 is 2.58 bits per heavy atom. The summed E-state index contributed by atoms with van der Waals surface area (Å²) in [5.41, 5.74) is 8.30. The van der Waals surface area contributed by atoms with Crippen molar-refractivity contribution in [1.29, 1.82) is 0 Å². The Hall–Kier alpha value is -4.85. The van der Waals surface area contributed by atoms with Crippen LogP contribution in [0.4, 0.5) is 35.2 Å². The fraction of sp³-hybridized carbons (Fsp3) is 0.355. The molecule has 1 aromatic carbocycles. The molecule has 0 bridgehead atoms. The largest absolute Gasteiger partial charge is 0.490 e. The fourth-order valence-electron chi connectivity index (χ4n) is 5.77. The number of nitrogen functional groups attached to an aromatic ring is 1. The summed E-state index contributed by atoms with van der Waals surface area (Å²) in [5, 5.41) is 5.92. The van der Waals surface area contributed by atoms with E-state index in [0.717, 1.165) is 37.0 Å². The van der Waals surface area contributed by atoms with Crippen molar-refractivity contribution in [3.63, 3.8) is 0 Å². The number of nitrogens with zero attached hydrogens (tertiary/aromatic N) is 6. The van der Waals surface area contributed by atoms with E-state index < -0.39 is 17.8 Å². The third-order valence-electron chi connectivity index (χ3n) is 8.09. The number of piperidine rings is 1. The standard InChI is InChI=1S/C31H34F3N9O2/c1-4-41-12-9-20(10-13-41)45-25-8-5-19(15-22(25)31(32,33)34)39-30(44)40-23-6-7-24(42-14-11-36-28(23)42)21-16-43(18(2)3)29-26(21)27(35)37-17-38-29/h5-8,11,14-18,20H,4,9-10,12-13H2,1-3H3,(H2,35,37,38)(H2,39,40,44). The van der Waals surface area contributed by atoms with Crippen LogP contribution in [0.1, 0.15) is 45.2 Å². The first kappa shape index (κ1) is 30.2. The highest BCUT2D eigenvalue weighted by molar-refractivity contribution is 6.03. The van der Waals surface area contributed by atoms with E-state index in [1.807, 2.05) is 24.6 Å². The number of rotatable bonds is 7. The van der Waals surface area contributed by atoms with E-state index in [-0.39, 0.29) is 23.6 Å². The highest BCUT2D eigenvalue weighted by atomic mass is 19.4. The fourth-order valence-corrected chi connectivity index (χ4v) is 5.77. The maximum Gasteiger partial charge on any atom is 0.420 e. The van der Waals surface area contributed by atoms with Gasteiger partial charge < -0.3 is 30.6 Å². The van der Waals surface area contributed by atoms with Crippen LogP contribution in [0.3, 0.4) is 0 Å². The molecular formula is C31H34F3N9O2. The van der Waals surface area contributed by atoms with Crippen molar-refractivity contribution in [2.24, 2.45) is 0 Å². The Labute approximate surface area is 257 Å². The predicted octanol–water partition coefficient (Wildman–Crippen LogP) is 6.44. The van der Waals surface area contributed by atoms with Crippen LogP contribution in [0.5, 0.6) is 5.75 Å². The van der Waals surface area contributed by atoms with Crippen LogP contribution in [-0.2, 0) is 6.18 Å². The molecule has 11 nitrogen and oxygen atoms in total. The first-order valence-electron chi connectivity index (χ1n) is 14.8. The van der Waals surface area contributed by atoms with Gasteiger partial charge in [-0.3, -0.25) is 4.40 Å². The number of hydrogen-bond acceptors (Lipinski definition) is 7. The molecule has 5 aromatic rings. The number of ether oxygens (including phenoxy) is 1. The number of carbonyl (C=O) groups is 1. The van der Waals surface area contributed by atoms with Gasteiger partial charge in [-0.1, -0.05) is 6.92 Å². The van der Waals surface area contributed by atoms with Crippen molar-refractivity contribution in [2.75, 3.05) is 36.0 Å². The number of nitrogens with one attached hydrogen (secondary N) is 2. The van der Waals surface area contributed by atoms with Gasteiger partial charge in [-0.15, -0.1) is 0 Å². The van der Waals surface area contributed by atoms with Crippen LogP contribution in [0.25, 0.3) is 27.9 Å². The predicted molar refractivity (Wildman–Crippen MR) is 166 cm³/mol. The summed E-state index contributed by atoms with van der Waals surface area (Å²) in [6.07, 6.45) is 3.03. The number of pyridine rings is 1. The maximum atomic E-state index is 14.0. The average molecular weight is 622 g/mol. The second kappa shape index (κ2) is 11.9. The lowest BCUT2D eigenvalue weighted by molar-refractivity contribution is -0.139. The van der Waals surface area contributed by atoms with Crippen LogP contribution in [0.15, 0.2) is 55.2 Å². The number of hydrogen-bond donors (Lipinski definition) is 3. The molecule has 2 amide bonds. The molecule has 1 saturated heterocycles. The Morgan fingerprint density at radius 1 is 1.09 bits per heavy atom. The zero-order chi connectivity index (χ0) is 31.9. The monoisotopic (exact) mass is 621 g/mol. The number of imidazole rings is 1. The van der Waals surface area contributed by atoms with E-state index in [2.05, 4.69) is 37.4 Å². The third kappa shape index (κ3) is 5.97. The molecule has 236 valence electrons. The van der Waals surface area contributed by atoms with Gasteiger partial charge in [-0.05, 0) is 63.6 Å². The van der Waals surface area contributed by atoms with Crippen molar-refractivity contribution in [1.82, 2.24) is 28.8 Å². The quantitative estimate of drug-likeness (QED) is 0.191. The van der Waals surface area contributed by atoms with Gasteiger partial charge in [0.1, 0.15) is 29.6 Å². The molecule has 4 aromatic heterocycles. The number of likely N-dealkylation sites (tertiary alicyclic amines) is 1. The minimum atomic E-state index is -4.67. The smallest absolute Gasteiger partial charge is 0.420 e. The minimum absolute atomic E-state index is 0.0269. The lowest BCUT2D eigenvalue weighted by Crippen LogP contribution is -2.38. The van der Waals surface area contributed by atoms with E-state index >= 15 is 0 Å². The number of alkyl halides is 3. The second-order valence-electron chi connectivity index (χ2n) is 11.3. The number of nitrogens with two attached hydrogens (primary N) is 1. The SMILES string of the molecule is CCN1CCC(Oc2ccc(NC(=O)Nc3ccc(-c4cn(C(C)C)c5ncnc(N)c45)n4ccnc34)cc2C(F)(F)F)CC1. The molecule has 0 saturated carbocycles. The average Bonchev–Trinajstić information content (AvgIpc) is 3.65. The lowest BCUT2D eigenvalue weighted by atomic mass is 10.1. The van der Waals surface area contributed by atoms with Gasteiger partial charge >= 0.3 is 12.2 Å². The molecule has 6 rings (SSSR count). The van der Waals surface area contributed by atoms with E-state index in [0.29, 0.717) is 41.0 Å². The van der Waals surface area contributed by atoms with Crippen molar-refractivity contribution in [3.8, 4) is 17.0 Å². The van der Waals surface area contributed by atoms with Gasteiger partial charge in [0, 0.05) is 49.0 Å². The normalized spacial score (nSPS) is 14.8. The topological polar surface area (TPSA) is 128 Å². The lowest BCUT2D eigenvalue weighted by Gasteiger charge is -2.31. The summed E-state index contributed by atoms with van der Waals surface area (Å²) in [6.45, 7) is 8.57. The van der Waals surface area contributed by atoms with Gasteiger partial charge in [0.25, 0.3) is 0 Å². The summed E-state index contributed by atoms with van der Waals surface area (Å²) in [7, 11) is 0. The molecular weight excluding hydrogens is 587 g/mol. The Kier molecular flexibility index (Phi) is 7.99. The summed E-state index contributed by atoms with van der Waals surface area (Å²) in [4.78, 5) is 28.3. The van der Waals surface area contributed by atoms with Crippen LogP contribution < -0.4 is 21.1 Å². The Bertz CT molecular complexity index is 1860. The van der Waals surface area contributed by atoms with Crippen LogP contribution in [0.2, 0.25) is 0 Å². The first-order valence-corrected chi connectivity index (χ1v) is 14.8. The molecule has 0 unspecified atom stereocenters. The highest BCUT2D eigenvalue weighted by Crippen LogP contribution is 2.39. The molecule has 45 heavy (non-hydrogen) atoms. The number of amides is 2. The number of fused-ring (bicyclic) bond motifs is 2. The van der Waals surface area contributed by atoms with E-state index in [1.54, 1.807) is 28.9 Å². The van der Waals surface area contributed by atoms with Crippen molar-refractivity contribution < 1.29 is 22.7 Å². The van der Waals surface area contributed by atoms with Crippen LogP contribution in [-0.4, -0.2) is 60.6 Å².